The molecule has 7 nitrogen and oxygen atoms in total. The predicted octanol–water partition coefficient (Wildman–Crippen LogP) is 4.30. The summed E-state index contributed by atoms with van der Waals surface area (Å²) in [5, 5.41) is 14.4. The van der Waals surface area contributed by atoms with Crippen LogP contribution in [-0.4, -0.2) is 10.8 Å². The van der Waals surface area contributed by atoms with E-state index in [0.717, 1.165) is 5.56 Å². The number of anilines is 1. The van der Waals surface area contributed by atoms with Crippen molar-refractivity contribution in [1.29, 1.82) is 0 Å². The van der Waals surface area contributed by atoms with Gasteiger partial charge in [0.2, 0.25) is 0 Å². The van der Waals surface area contributed by atoms with Crippen molar-refractivity contribution in [3.63, 3.8) is 0 Å². The van der Waals surface area contributed by atoms with Gasteiger partial charge in [0.15, 0.2) is 0 Å². The van der Waals surface area contributed by atoms with Crippen molar-refractivity contribution < 1.29 is 14.1 Å². The zero-order valence-corrected chi connectivity index (χ0v) is 15.4. The summed E-state index contributed by atoms with van der Waals surface area (Å²) in [5.41, 5.74) is 1.18. The standard InChI is InChI=1S/C21H18N2O5/c1-4-6-14-7-5-8-15-11-16(21(25)28-19(14)15)20(24)22-18-13(3)9-12(2)10-17(18)23(26)27/h4-5,7-11H,1,6H2,2-3H3,(H,22,24). The van der Waals surface area contributed by atoms with Gasteiger partial charge in [-0.15, -0.1) is 6.58 Å². The number of nitrogens with one attached hydrogen (secondary N) is 1. The molecule has 28 heavy (non-hydrogen) atoms. The fraction of sp³-hybridized carbons (Fsp3) is 0.143. The molecule has 3 aromatic rings. The summed E-state index contributed by atoms with van der Waals surface area (Å²) >= 11 is 0. The Labute approximate surface area is 160 Å². The van der Waals surface area contributed by atoms with E-state index in [4.69, 9.17) is 4.42 Å². The highest BCUT2D eigenvalue weighted by atomic mass is 16.6. The van der Waals surface area contributed by atoms with Crippen LogP contribution in [0.3, 0.4) is 0 Å². The zero-order chi connectivity index (χ0) is 20.4. The number of carbonyl (C=O) groups is 1. The van der Waals surface area contributed by atoms with Gasteiger partial charge in [0, 0.05) is 11.5 Å². The number of para-hydroxylation sites is 1. The first-order chi connectivity index (χ1) is 13.3. The van der Waals surface area contributed by atoms with Gasteiger partial charge in [-0.05, 0) is 43.0 Å². The average molecular weight is 378 g/mol. The van der Waals surface area contributed by atoms with Crippen molar-refractivity contribution >= 4 is 28.3 Å². The molecule has 0 aliphatic heterocycles. The maximum absolute atomic E-state index is 12.7. The van der Waals surface area contributed by atoms with E-state index >= 15 is 0 Å². The van der Waals surface area contributed by atoms with Crippen LogP contribution in [0.2, 0.25) is 0 Å². The molecule has 0 bridgehead atoms. The lowest BCUT2D eigenvalue weighted by Crippen LogP contribution is -2.21. The molecule has 7 heteroatoms. The van der Waals surface area contributed by atoms with Crippen molar-refractivity contribution in [2.45, 2.75) is 20.3 Å². The van der Waals surface area contributed by atoms with Crippen LogP contribution in [0.5, 0.6) is 0 Å². The van der Waals surface area contributed by atoms with Crippen LogP contribution < -0.4 is 10.9 Å². The zero-order valence-electron chi connectivity index (χ0n) is 15.4. The number of allylic oxidation sites excluding steroid dienone is 1. The number of rotatable bonds is 5. The molecule has 0 saturated carbocycles. The Kier molecular flexibility index (Phi) is 5.08. The largest absolute Gasteiger partial charge is 0.422 e. The Morgan fingerprint density at radius 3 is 2.71 bits per heavy atom. The highest BCUT2D eigenvalue weighted by molar-refractivity contribution is 6.07. The Morgan fingerprint density at radius 2 is 2.04 bits per heavy atom. The molecule has 1 amide bonds. The minimum atomic E-state index is -0.811. The molecule has 142 valence electrons. The number of hydrogen-bond donors (Lipinski definition) is 1. The van der Waals surface area contributed by atoms with E-state index in [9.17, 15) is 19.7 Å². The van der Waals surface area contributed by atoms with Gasteiger partial charge < -0.3 is 9.73 Å². The van der Waals surface area contributed by atoms with Crippen LogP contribution >= 0.6 is 0 Å². The van der Waals surface area contributed by atoms with Gasteiger partial charge in [-0.1, -0.05) is 30.3 Å². The normalized spacial score (nSPS) is 10.6. The maximum atomic E-state index is 12.7. The summed E-state index contributed by atoms with van der Waals surface area (Å²) in [6.45, 7) is 7.06. The molecule has 1 heterocycles. The second-order valence-electron chi connectivity index (χ2n) is 6.46. The minimum Gasteiger partial charge on any atom is -0.422 e. The molecule has 0 saturated heterocycles. The molecule has 0 radical (unpaired) electrons. The smallest absolute Gasteiger partial charge is 0.349 e. The van der Waals surface area contributed by atoms with Crippen molar-refractivity contribution in [3.05, 3.63) is 91.8 Å². The summed E-state index contributed by atoms with van der Waals surface area (Å²) in [7, 11) is 0. The van der Waals surface area contributed by atoms with E-state index in [1.807, 2.05) is 6.07 Å². The van der Waals surface area contributed by atoms with Crippen molar-refractivity contribution in [2.24, 2.45) is 0 Å². The van der Waals surface area contributed by atoms with Crippen LogP contribution in [-0.2, 0) is 6.42 Å². The number of aryl methyl sites for hydroxylation is 2. The number of fused-ring (bicyclic) bond motifs is 1. The van der Waals surface area contributed by atoms with Gasteiger partial charge in [-0.3, -0.25) is 14.9 Å². The van der Waals surface area contributed by atoms with Crippen LogP contribution in [0.1, 0.15) is 27.0 Å². The van der Waals surface area contributed by atoms with Gasteiger partial charge >= 0.3 is 5.63 Å². The summed E-state index contributed by atoms with van der Waals surface area (Å²) in [6, 6.07) is 9.84. The molecule has 1 N–H and O–H groups in total. The number of hydrogen-bond acceptors (Lipinski definition) is 5. The Hall–Kier alpha value is -3.74. The SMILES string of the molecule is C=CCc1cccc2cc(C(=O)Nc3c(C)cc(C)cc3[N+](=O)[O-])c(=O)oc12. The lowest BCUT2D eigenvalue weighted by Gasteiger charge is -2.10. The van der Waals surface area contributed by atoms with Gasteiger partial charge in [0.05, 0.1) is 4.92 Å². The maximum Gasteiger partial charge on any atom is 0.349 e. The predicted molar refractivity (Wildman–Crippen MR) is 107 cm³/mol. The molecule has 2 aromatic carbocycles. The first-order valence-electron chi connectivity index (χ1n) is 8.55. The van der Waals surface area contributed by atoms with Crippen molar-refractivity contribution in [1.82, 2.24) is 0 Å². The number of amides is 1. The van der Waals surface area contributed by atoms with Crippen molar-refractivity contribution in [3.8, 4) is 0 Å². The number of nitro benzene ring substituents is 1. The van der Waals surface area contributed by atoms with Gasteiger partial charge in [0.25, 0.3) is 11.6 Å². The molecule has 0 atom stereocenters. The summed E-state index contributed by atoms with van der Waals surface area (Å²) in [4.78, 5) is 35.9. The monoisotopic (exact) mass is 378 g/mol. The van der Waals surface area contributed by atoms with Gasteiger partial charge in [-0.25, -0.2) is 4.79 Å². The molecule has 0 aliphatic carbocycles. The summed E-state index contributed by atoms with van der Waals surface area (Å²) in [5.74, 6) is -0.764. The fourth-order valence-corrected chi connectivity index (χ4v) is 3.11. The Bertz CT molecular complexity index is 1180. The molecule has 3 rings (SSSR count). The molecule has 0 unspecified atom stereocenters. The van der Waals surface area contributed by atoms with Gasteiger partial charge in [0.1, 0.15) is 16.8 Å². The lowest BCUT2D eigenvalue weighted by atomic mass is 10.1. The molecule has 0 spiro atoms. The molecule has 0 fully saturated rings. The van der Waals surface area contributed by atoms with E-state index in [0.29, 0.717) is 28.5 Å². The summed E-state index contributed by atoms with van der Waals surface area (Å²) in [6.07, 6.45) is 2.20. The highest BCUT2D eigenvalue weighted by Crippen LogP contribution is 2.30. The van der Waals surface area contributed by atoms with Crippen LogP contribution in [0.15, 0.2) is 58.3 Å². The Morgan fingerprint density at radius 1 is 1.29 bits per heavy atom. The minimum absolute atomic E-state index is 0.0560. The van der Waals surface area contributed by atoms with Gasteiger partial charge in [-0.2, -0.15) is 0 Å². The van der Waals surface area contributed by atoms with Crippen LogP contribution in [0.25, 0.3) is 11.0 Å². The Balaban J connectivity index is 2.06. The molecule has 0 aliphatic rings. The van der Waals surface area contributed by atoms with E-state index in [2.05, 4.69) is 11.9 Å². The second-order valence-corrected chi connectivity index (χ2v) is 6.46. The first kappa shape index (κ1) is 19.0. The van der Waals surface area contributed by atoms with Crippen molar-refractivity contribution in [2.75, 3.05) is 5.32 Å². The number of nitrogens with zero attached hydrogens (tertiary/aromatic N) is 1. The second kappa shape index (κ2) is 7.48. The first-order valence-corrected chi connectivity index (χ1v) is 8.55. The molecule has 1 aromatic heterocycles. The van der Waals surface area contributed by atoms with Crippen LogP contribution in [0, 0.1) is 24.0 Å². The van der Waals surface area contributed by atoms with E-state index in [1.165, 1.54) is 12.1 Å². The third-order valence-electron chi connectivity index (χ3n) is 4.34. The molecular weight excluding hydrogens is 360 g/mol. The van der Waals surface area contributed by atoms with E-state index in [1.54, 1.807) is 38.1 Å². The van der Waals surface area contributed by atoms with E-state index in [-0.39, 0.29) is 16.9 Å². The number of benzene rings is 2. The summed E-state index contributed by atoms with van der Waals surface area (Å²) < 4.78 is 5.36. The quantitative estimate of drug-likeness (QED) is 0.309. The average Bonchev–Trinajstić information content (AvgIpc) is 2.63. The lowest BCUT2D eigenvalue weighted by molar-refractivity contribution is -0.384. The molecular formula is C21H18N2O5. The number of carbonyl (C=O) groups excluding carboxylic acids is 1. The third kappa shape index (κ3) is 3.55. The van der Waals surface area contributed by atoms with E-state index < -0.39 is 16.5 Å². The fourth-order valence-electron chi connectivity index (χ4n) is 3.11. The highest BCUT2D eigenvalue weighted by Gasteiger charge is 2.22. The third-order valence-corrected chi connectivity index (χ3v) is 4.34. The topological polar surface area (TPSA) is 102 Å². The number of nitro groups is 1. The van der Waals surface area contributed by atoms with Crippen LogP contribution in [0.4, 0.5) is 11.4 Å².